The Morgan fingerprint density at radius 3 is 2.25 bits per heavy atom. The lowest BCUT2D eigenvalue weighted by Gasteiger charge is -2.06. The molecular formula is C20H16F3N5O2S2. The molecule has 0 aliphatic heterocycles. The molecule has 2 heterocycles. The van der Waals surface area contributed by atoms with E-state index in [1.165, 1.54) is 16.8 Å². The number of hydrogen-bond acceptors (Lipinski definition) is 6. The van der Waals surface area contributed by atoms with Crippen LogP contribution in [-0.2, 0) is 22.6 Å². The van der Waals surface area contributed by atoms with Crippen LogP contribution in [0.4, 0.5) is 19.0 Å². The van der Waals surface area contributed by atoms with Crippen molar-refractivity contribution in [3.05, 3.63) is 76.8 Å². The van der Waals surface area contributed by atoms with Gasteiger partial charge in [-0.05, 0) is 17.7 Å². The molecule has 0 radical (unpaired) electrons. The highest BCUT2D eigenvalue weighted by Gasteiger charge is 2.34. The van der Waals surface area contributed by atoms with Crippen LogP contribution in [0.25, 0.3) is 16.4 Å². The number of alkyl halides is 3. The van der Waals surface area contributed by atoms with Crippen LogP contribution in [0, 0.1) is 0 Å². The number of nitrogen functional groups attached to an aromatic ring is 1. The first-order valence-electron chi connectivity index (χ1n) is 9.11. The van der Waals surface area contributed by atoms with E-state index in [1.54, 1.807) is 24.3 Å². The van der Waals surface area contributed by atoms with Crippen LogP contribution in [-0.4, -0.2) is 23.2 Å². The minimum absolute atomic E-state index is 0.0113. The van der Waals surface area contributed by atoms with Crippen molar-refractivity contribution in [3.63, 3.8) is 0 Å². The van der Waals surface area contributed by atoms with E-state index in [1.807, 2.05) is 18.2 Å². The smallest absolute Gasteiger partial charge is 0.383 e. The summed E-state index contributed by atoms with van der Waals surface area (Å²) in [6.45, 7) is 0. The number of anilines is 1. The second-order valence-corrected chi connectivity index (χ2v) is 9.27. The third kappa shape index (κ3) is 4.38. The van der Waals surface area contributed by atoms with Gasteiger partial charge in [-0.15, -0.1) is 11.3 Å². The molecular weight excluding hydrogens is 463 g/mol. The summed E-state index contributed by atoms with van der Waals surface area (Å²) >= 11 is 0.781. The number of thiazole rings is 1. The monoisotopic (exact) mass is 479 g/mol. The number of hydrogen-bond donors (Lipinski definition) is 2. The molecule has 0 saturated carbocycles. The third-order valence-corrected chi connectivity index (χ3v) is 6.41. The highest BCUT2D eigenvalue weighted by molar-refractivity contribution is 7.89. The Bertz CT molecular complexity index is 1360. The first-order chi connectivity index (χ1) is 15.0. The van der Waals surface area contributed by atoms with Gasteiger partial charge in [0.1, 0.15) is 5.82 Å². The van der Waals surface area contributed by atoms with E-state index in [-0.39, 0.29) is 22.3 Å². The molecule has 2 aromatic heterocycles. The Balaban J connectivity index is 1.79. The van der Waals surface area contributed by atoms with E-state index >= 15 is 0 Å². The summed E-state index contributed by atoms with van der Waals surface area (Å²) < 4.78 is 63.2. The summed E-state index contributed by atoms with van der Waals surface area (Å²) in [6.07, 6.45) is -4.31. The van der Waals surface area contributed by atoms with Gasteiger partial charge in [-0.25, -0.2) is 18.5 Å². The molecule has 0 spiro atoms. The van der Waals surface area contributed by atoms with Gasteiger partial charge < -0.3 is 5.73 Å². The fraction of sp³-hybridized carbons (Fsp3) is 0.100. The molecule has 166 valence electrons. The molecule has 0 bridgehead atoms. The number of primary sulfonamides is 1. The second-order valence-electron chi connectivity index (χ2n) is 6.87. The maximum atomic E-state index is 13.0. The normalized spacial score (nSPS) is 12.2. The van der Waals surface area contributed by atoms with Crippen molar-refractivity contribution in [2.24, 2.45) is 5.14 Å². The third-order valence-electron chi connectivity index (χ3n) is 4.67. The van der Waals surface area contributed by atoms with Gasteiger partial charge in [0.15, 0.2) is 5.69 Å². The molecule has 2 aromatic carbocycles. The van der Waals surface area contributed by atoms with Crippen molar-refractivity contribution in [2.45, 2.75) is 17.5 Å². The molecule has 4 aromatic rings. The zero-order valence-corrected chi connectivity index (χ0v) is 17.9. The molecule has 4 N–H and O–H groups in total. The van der Waals surface area contributed by atoms with E-state index in [0.29, 0.717) is 11.3 Å². The number of nitrogens with two attached hydrogens (primary N) is 2. The first-order valence-corrected chi connectivity index (χ1v) is 11.5. The molecule has 4 rings (SSSR count). The zero-order valence-electron chi connectivity index (χ0n) is 16.2. The van der Waals surface area contributed by atoms with Gasteiger partial charge in [-0.2, -0.15) is 23.0 Å². The average molecular weight is 480 g/mol. The van der Waals surface area contributed by atoms with E-state index in [0.717, 1.165) is 27.8 Å². The maximum absolute atomic E-state index is 13.0. The van der Waals surface area contributed by atoms with Crippen LogP contribution < -0.4 is 10.9 Å². The van der Waals surface area contributed by atoms with Crippen LogP contribution in [0.5, 0.6) is 0 Å². The summed E-state index contributed by atoms with van der Waals surface area (Å²) in [5, 5.41) is 10.5. The summed E-state index contributed by atoms with van der Waals surface area (Å²) in [5.41, 5.74) is 7.79. The Labute approximate surface area is 185 Å². The number of sulfonamides is 1. The van der Waals surface area contributed by atoms with Gasteiger partial charge in [-0.1, -0.05) is 42.5 Å². The van der Waals surface area contributed by atoms with Gasteiger partial charge >= 0.3 is 6.18 Å². The van der Waals surface area contributed by atoms with Crippen molar-refractivity contribution in [1.82, 2.24) is 14.8 Å². The number of aromatic nitrogens is 3. The van der Waals surface area contributed by atoms with Crippen molar-refractivity contribution in [2.75, 3.05) is 5.73 Å². The lowest BCUT2D eigenvalue weighted by molar-refractivity contribution is -0.140. The molecule has 0 fully saturated rings. The van der Waals surface area contributed by atoms with E-state index in [2.05, 4.69) is 10.1 Å². The van der Waals surface area contributed by atoms with Gasteiger partial charge in [0.05, 0.1) is 10.6 Å². The van der Waals surface area contributed by atoms with Gasteiger partial charge in [0.2, 0.25) is 15.2 Å². The van der Waals surface area contributed by atoms with Crippen molar-refractivity contribution in [3.8, 4) is 16.4 Å². The maximum Gasteiger partial charge on any atom is 0.434 e. The standard InChI is InChI=1S/C20H16F3N5O2S2/c21-20(22,23)16-11-31-19(26-16)28-18(24)15(17(27-28)13-4-2-1-3-5-13)10-12-6-8-14(9-7-12)32(25,29)30/h1-9,11H,10,24H2,(H2,25,29,30). The van der Waals surface area contributed by atoms with E-state index in [9.17, 15) is 21.6 Å². The van der Waals surface area contributed by atoms with Gasteiger partial charge in [0.25, 0.3) is 0 Å². The van der Waals surface area contributed by atoms with E-state index in [4.69, 9.17) is 10.9 Å². The molecule has 0 atom stereocenters. The molecule has 0 aliphatic rings. The number of nitrogens with zero attached hydrogens (tertiary/aromatic N) is 3. The predicted molar refractivity (Wildman–Crippen MR) is 115 cm³/mol. The second kappa shape index (κ2) is 8.04. The Kier molecular flexibility index (Phi) is 5.53. The lowest BCUT2D eigenvalue weighted by Crippen LogP contribution is -2.11. The topological polar surface area (TPSA) is 117 Å². The Hall–Kier alpha value is -3.22. The van der Waals surface area contributed by atoms with Crippen LogP contribution in [0.2, 0.25) is 0 Å². The molecule has 0 saturated heterocycles. The van der Waals surface area contributed by atoms with E-state index < -0.39 is 21.9 Å². The Morgan fingerprint density at radius 2 is 1.69 bits per heavy atom. The number of benzene rings is 2. The highest BCUT2D eigenvalue weighted by Crippen LogP contribution is 2.35. The molecule has 0 amide bonds. The van der Waals surface area contributed by atoms with Crippen LogP contribution in [0.1, 0.15) is 16.8 Å². The van der Waals surface area contributed by atoms with Crippen LogP contribution in [0.3, 0.4) is 0 Å². The molecule has 0 unspecified atom stereocenters. The SMILES string of the molecule is Nc1c(Cc2ccc(S(N)(=O)=O)cc2)c(-c2ccccc2)nn1-c1nc(C(F)(F)F)cs1. The van der Waals surface area contributed by atoms with Gasteiger partial charge in [0, 0.05) is 22.9 Å². The molecule has 0 aliphatic carbocycles. The predicted octanol–water partition coefficient (Wildman–Crippen LogP) is 3.84. The van der Waals surface area contributed by atoms with Crippen molar-refractivity contribution in [1.29, 1.82) is 0 Å². The molecule has 32 heavy (non-hydrogen) atoms. The van der Waals surface area contributed by atoms with Crippen LogP contribution >= 0.6 is 11.3 Å². The fourth-order valence-corrected chi connectivity index (χ4v) is 4.41. The summed E-state index contributed by atoms with van der Waals surface area (Å²) in [5.74, 6) is 0.141. The number of rotatable bonds is 5. The lowest BCUT2D eigenvalue weighted by atomic mass is 10.0. The molecule has 7 nitrogen and oxygen atoms in total. The Morgan fingerprint density at radius 1 is 1.03 bits per heavy atom. The quantitative estimate of drug-likeness (QED) is 0.451. The average Bonchev–Trinajstić information content (AvgIpc) is 3.34. The number of halogens is 3. The molecule has 12 heteroatoms. The van der Waals surface area contributed by atoms with Crippen LogP contribution in [0.15, 0.2) is 64.9 Å². The summed E-state index contributed by atoms with van der Waals surface area (Å²) in [4.78, 5) is 3.61. The van der Waals surface area contributed by atoms with Crippen molar-refractivity contribution < 1.29 is 21.6 Å². The zero-order chi connectivity index (χ0) is 23.1. The minimum Gasteiger partial charge on any atom is -0.383 e. The fourth-order valence-electron chi connectivity index (χ4n) is 3.10. The minimum atomic E-state index is -4.58. The van der Waals surface area contributed by atoms with Gasteiger partial charge in [-0.3, -0.25) is 0 Å². The first kappa shape index (κ1) is 22.0. The van der Waals surface area contributed by atoms with Crippen molar-refractivity contribution >= 4 is 27.2 Å². The largest absolute Gasteiger partial charge is 0.434 e. The summed E-state index contributed by atoms with van der Waals surface area (Å²) in [6, 6.07) is 15.0. The highest BCUT2D eigenvalue weighted by atomic mass is 32.2. The summed E-state index contributed by atoms with van der Waals surface area (Å²) in [7, 11) is -3.83.